The number of rotatable bonds is 2. The molecule has 0 fully saturated rings. The second kappa shape index (κ2) is 4.32. The largest absolute Gasteiger partial charge is 0.313 e. The number of nitrogens with zero attached hydrogens (tertiary/aromatic N) is 2. The van der Waals surface area contributed by atoms with Gasteiger partial charge in [-0.1, -0.05) is 41.7 Å². The first-order valence-corrected chi connectivity index (χ1v) is 7.30. The first-order chi connectivity index (χ1) is 7.54. The van der Waals surface area contributed by atoms with Gasteiger partial charge in [-0.15, -0.1) is 10.2 Å². The van der Waals surface area contributed by atoms with Crippen LogP contribution in [0.5, 0.6) is 0 Å². The number of hydrogen-bond acceptors (Lipinski definition) is 4. The maximum absolute atomic E-state index is 11.1. The van der Waals surface area contributed by atoms with Gasteiger partial charge in [-0.05, 0) is 0 Å². The van der Waals surface area contributed by atoms with Crippen molar-refractivity contribution < 1.29 is 8.76 Å². The van der Waals surface area contributed by atoms with Crippen molar-refractivity contribution in [3.63, 3.8) is 0 Å². The molecule has 1 unspecified atom stereocenters. The highest BCUT2D eigenvalue weighted by molar-refractivity contribution is 7.95. The van der Waals surface area contributed by atoms with E-state index < -0.39 is 9.80 Å². The van der Waals surface area contributed by atoms with E-state index in [1.165, 1.54) is 23.0 Å². The minimum absolute atomic E-state index is 0.467. The molecule has 1 aromatic carbocycles. The number of aromatic nitrogens is 2. The van der Waals surface area contributed by atoms with Crippen molar-refractivity contribution in [1.29, 1.82) is 0 Å². The fourth-order valence-corrected chi connectivity index (χ4v) is 2.93. The van der Waals surface area contributed by atoms with E-state index in [9.17, 15) is 4.21 Å². The van der Waals surface area contributed by atoms with Crippen LogP contribution in [0, 0.1) is 0 Å². The van der Waals surface area contributed by atoms with E-state index in [4.69, 9.17) is 4.55 Å². The fraction of sp³-hybridized carbons (Fsp3) is 0.100. The van der Waals surface area contributed by atoms with Crippen molar-refractivity contribution in [2.45, 2.75) is 0 Å². The Labute approximate surface area is 97.8 Å². The molecule has 2 aromatic rings. The lowest BCUT2D eigenvalue weighted by molar-refractivity contribution is 0.566. The average Bonchev–Trinajstić information content (AvgIpc) is 2.65. The third-order valence-electron chi connectivity index (χ3n) is 1.78. The van der Waals surface area contributed by atoms with Crippen LogP contribution in [0.25, 0.3) is 10.6 Å². The molecule has 2 rings (SSSR count). The topological polar surface area (TPSA) is 63.1 Å². The lowest BCUT2D eigenvalue weighted by atomic mass is 10.2. The van der Waals surface area contributed by atoms with Crippen LogP contribution in [0.15, 0.2) is 30.3 Å². The highest BCUT2D eigenvalue weighted by Crippen LogP contribution is 2.22. The second-order valence-corrected chi connectivity index (χ2v) is 6.26. The van der Waals surface area contributed by atoms with Gasteiger partial charge in [-0.3, -0.25) is 0 Å². The standard InChI is InChI=1S/C10H10N2O2S2/c1-16(13,14)7-9-11-12-10(15-9)8-5-3-2-4-6-8/h2-7H,1H3,(H,13,14). The highest BCUT2D eigenvalue weighted by Gasteiger charge is 2.05. The highest BCUT2D eigenvalue weighted by atomic mass is 32.2. The van der Waals surface area contributed by atoms with Crippen LogP contribution in [0.4, 0.5) is 0 Å². The van der Waals surface area contributed by atoms with Gasteiger partial charge in [0, 0.05) is 11.8 Å². The molecule has 1 heterocycles. The molecule has 0 saturated heterocycles. The summed E-state index contributed by atoms with van der Waals surface area (Å²) in [4.78, 5) is 0. The minimum atomic E-state index is -2.91. The molecule has 1 atom stereocenters. The minimum Gasteiger partial charge on any atom is -0.313 e. The van der Waals surface area contributed by atoms with Gasteiger partial charge in [0.1, 0.15) is 5.01 Å². The monoisotopic (exact) mass is 254 g/mol. The SMILES string of the molecule is CS(=O)(O)=Cc1nnc(-c2ccccc2)s1. The normalized spacial score (nSPS) is 14.4. The Kier molecular flexibility index (Phi) is 3.04. The summed E-state index contributed by atoms with van der Waals surface area (Å²) in [6.07, 6.45) is 1.25. The summed E-state index contributed by atoms with van der Waals surface area (Å²) < 4.78 is 20.3. The molecule has 0 saturated carbocycles. The van der Waals surface area contributed by atoms with Crippen molar-refractivity contribution in [3.05, 3.63) is 35.3 Å². The Morgan fingerprint density at radius 1 is 1.31 bits per heavy atom. The molecular weight excluding hydrogens is 244 g/mol. The molecule has 0 aliphatic heterocycles. The zero-order valence-electron chi connectivity index (χ0n) is 8.53. The van der Waals surface area contributed by atoms with Crippen LogP contribution in [0.2, 0.25) is 0 Å². The zero-order valence-corrected chi connectivity index (χ0v) is 10.2. The maximum atomic E-state index is 11.1. The summed E-state index contributed by atoms with van der Waals surface area (Å²) in [7, 11) is -2.91. The summed E-state index contributed by atoms with van der Waals surface area (Å²) in [5.74, 6) is 0. The molecular formula is C10H10N2O2S2. The van der Waals surface area contributed by atoms with Crippen molar-refractivity contribution in [2.75, 3.05) is 6.26 Å². The molecule has 0 amide bonds. The average molecular weight is 254 g/mol. The third-order valence-corrected chi connectivity index (χ3v) is 3.51. The molecule has 0 aliphatic carbocycles. The molecule has 1 N–H and O–H groups in total. The van der Waals surface area contributed by atoms with E-state index in [0.29, 0.717) is 5.01 Å². The van der Waals surface area contributed by atoms with Gasteiger partial charge < -0.3 is 4.55 Å². The van der Waals surface area contributed by atoms with Crippen molar-refractivity contribution in [1.82, 2.24) is 10.2 Å². The van der Waals surface area contributed by atoms with Crippen LogP contribution < -0.4 is 0 Å². The summed E-state index contributed by atoms with van der Waals surface area (Å²) in [5.41, 5.74) is 0.959. The molecule has 0 bridgehead atoms. The molecule has 0 radical (unpaired) electrons. The zero-order chi connectivity index (χ0) is 11.6. The van der Waals surface area contributed by atoms with Gasteiger partial charge in [0.2, 0.25) is 0 Å². The molecule has 16 heavy (non-hydrogen) atoms. The van der Waals surface area contributed by atoms with E-state index in [1.807, 2.05) is 30.3 Å². The Morgan fingerprint density at radius 3 is 2.62 bits per heavy atom. The van der Waals surface area contributed by atoms with Gasteiger partial charge in [-0.2, -0.15) is 0 Å². The lowest BCUT2D eigenvalue weighted by Gasteiger charge is -1.91. The number of hydrogen-bond donors (Lipinski definition) is 1. The predicted octanol–water partition coefficient (Wildman–Crippen LogP) is 1.74. The van der Waals surface area contributed by atoms with Gasteiger partial charge >= 0.3 is 0 Å². The Bertz CT molecular complexity index is 590. The predicted molar refractivity (Wildman–Crippen MR) is 67.2 cm³/mol. The van der Waals surface area contributed by atoms with Crippen molar-refractivity contribution >= 4 is 26.5 Å². The van der Waals surface area contributed by atoms with E-state index >= 15 is 0 Å². The van der Waals surface area contributed by atoms with Crippen LogP contribution in [-0.4, -0.2) is 30.6 Å². The summed E-state index contributed by atoms with van der Waals surface area (Å²) in [6, 6.07) is 9.59. The summed E-state index contributed by atoms with van der Waals surface area (Å²) >= 11 is 1.30. The Morgan fingerprint density at radius 2 is 2.00 bits per heavy atom. The van der Waals surface area contributed by atoms with Crippen LogP contribution in [0.1, 0.15) is 5.01 Å². The maximum Gasteiger partial charge on any atom is 0.151 e. The van der Waals surface area contributed by atoms with E-state index in [0.717, 1.165) is 10.6 Å². The Balaban J connectivity index is 2.38. The van der Waals surface area contributed by atoms with Crippen LogP contribution in [0.3, 0.4) is 0 Å². The lowest BCUT2D eigenvalue weighted by Crippen LogP contribution is -1.98. The molecule has 0 aliphatic rings. The first kappa shape index (κ1) is 11.3. The second-order valence-electron chi connectivity index (χ2n) is 3.29. The summed E-state index contributed by atoms with van der Waals surface area (Å²) in [6.45, 7) is 0. The van der Waals surface area contributed by atoms with E-state index in [2.05, 4.69) is 10.2 Å². The van der Waals surface area contributed by atoms with E-state index in [1.54, 1.807) is 0 Å². The number of benzene rings is 1. The molecule has 84 valence electrons. The molecule has 6 heteroatoms. The van der Waals surface area contributed by atoms with Gasteiger partial charge in [0.05, 0.1) is 15.2 Å². The van der Waals surface area contributed by atoms with Crippen LogP contribution in [-0.2, 0) is 9.80 Å². The third kappa shape index (κ3) is 2.88. The smallest absolute Gasteiger partial charge is 0.151 e. The quantitative estimate of drug-likeness (QED) is 0.829. The first-order valence-electron chi connectivity index (χ1n) is 4.50. The molecule has 4 nitrogen and oxygen atoms in total. The van der Waals surface area contributed by atoms with Crippen molar-refractivity contribution in [3.8, 4) is 10.6 Å². The van der Waals surface area contributed by atoms with Crippen LogP contribution >= 0.6 is 11.3 Å². The van der Waals surface area contributed by atoms with Gasteiger partial charge in [0.15, 0.2) is 5.01 Å². The Hall–Kier alpha value is -1.24. The molecule has 0 spiro atoms. The van der Waals surface area contributed by atoms with Crippen molar-refractivity contribution in [2.24, 2.45) is 0 Å². The van der Waals surface area contributed by atoms with Gasteiger partial charge in [-0.25, -0.2) is 4.21 Å². The fourth-order valence-electron chi connectivity index (χ4n) is 1.17. The van der Waals surface area contributed by atoms with E-state index in [-0.39, 0.29) is 0 Å². The molecule has 1 aromatic heterocycles. The van der Waals surface area contributed by atoms with Gasteiger partial charge in [0.25, 0.3) is 0 Å². The summed E-state index contributed by atoms with van der Waals surface area (Å²) in [5, 5.41) is 10.3.